The third-order valence-corrected chi connectivity index (χ3v) is 9.44. The molecule has 4 amide bonds. The number of benzene rings is 1. The summed E-state index contributed by atoms with van der Waals surface area (Å²) in [6.45, 7) is 8.23. The van der Waals surface area contributed by atoms with Gasteiger partial charge in [-0.25, -0.2) is 0 Å². The van der Waals surface area contributed by atoms with Gasteiger partial charge in [-0.3, -0.25) is 43.5 Å². The zero-order valence-corrected chi connectivity index (χ0v) is 32.8. The molecule has 17 heteroatoms. The van der Waals surface area contributed by atoms with Gasteiger partial charge < -0.3 is 36.1 Å². The zero-order chi connectivity index (χ0) is 40.4. The maximum atomic E-state index is 12.8. The summed E-state index contributed by atoms with van der Waals surface area (Å²) in [6, 6.07) is 6.84. The number of aliphatic carboxylic acids is 2. The van der Waals surface area contributed by atoms with E-state index in [0.717, 1.165) is 51.6 Å². The van der Waals surface area contributed by atoms with Crippen molar-refractivity contribution >= 4 is 43.0 Å². The molecule has 1 aliphatic heterocycles. The van der Waals surface area contributed by atoms with E-state index in [1.807, 2.05) is 11.8 Å². The van der Waals surface area contributed by atoms with Crippen molar-refractivity contribution in [1.82, 2.24) is 35.6 Å². The van der Waals surface area contributed by atoms with Gasteiger partial charge in [0, 0.05) is 63.7 Å². The smallest absolute Gasteiger partial charge is 0.317 e. The van der Waals surface area contributed by atoms with Gasteiger partial charge in [-0.05, 0) is 69.3 Å². The van der Waals surface area contributed by atoms with E-state index >= 15 is 0 Å². The molecular weight excluding hydrogens is 709 g/mol. The second kappa shape index (κ2) is 27.5. The van der Waals surface area contributed by atoms with Gasteiger partial charge in [-0.2, -0.15) is 0 Å². The lowest BCUT2D eigenvalue weighted by Gasteiger charge is -2.28. The first-order valence-corrected chi connectivity index (χ1v) is 19.7. The molecule has 1 fully saturated rings. The highest BCUT2D eigenvalue weighted by Crippen LogP contribution is 2.15. The van der Waals surface area contributed by atoms with E-state index in [1.54, 1.807) is 39.0 Å². The van der Waals surface area contributed by atoms with Crippen molar-refractivity contribution in [2.24, 2.45) is 0 Å². The third-order valence-electron chi connectivity index (χ3n) is 9.44. The van der Waals surface area contributed by atoms with Gasteiger partial charge in [0.25, 0.3) is 5.91 Å². The van der Waals surface area contributed by atoms with E-state index in [0.29, 0.717) is 83.6 Å². The minimum absolute atomic E-state index is 0.0947. The number of likely N-dealkylation sites (tertiary alicyclic amines) is 1. The van der Waals surface area contributed by atoms with Crippen molar-refractivity contribution < 1.29 is 44.0 Å². The summed E-state index contributed by atoms with van der Waals surface area (Å²) in [5, 5.41) is 36.5. The van der Waals surface area contributed by atoms with Crippen LogP contribution < -0.4 is 16.0 Å². The Hall–Kier alpha value is -4.06. The van der Waals surface area contributed by atoms with Crippen LogP contribution in [0.2, 0.25) is 0 Å². The number of carbonyl (C=O) groups is 6. The molecule has 1 saturated heterocycles. The third kappa shape index (κ3) is 20.4. The summed E-state index contributed by atoms with van der Waals surface area (Å²) in [5.41, 5.74) is 1.12. The quantitative estimate of drug-likeness (QED) is 0.0477. The Labute approximate surface area is 326 Å². The number of carbonyl (C=O) groups excluding carboxylic acids is 4. The Bertz CT molecular complexity index is 1350. The molecule has 1 atom stereocenters. The number of hydrogen-bond donors (Lipinski definition) is 6. The number of carboxylic acid groups (broad SMARTS) is 2. The average molecular weight is 773 g/mol. The summed E-state index contributed by atoms with van der Waals surface area (Å²) in [4.78, 5) is 80.4. The van der Waals surface area contributed by atoms with E-state index in [9.17, 15) is 44.0 Å². The maximum absolute atomic E-state index is 12.8. The number of nitrogens with one attached hydrogen (secondary N) is 3. The molecular formula is C38H63BN7O9. The fourth-order valence-corrected chi connectivity index (χ4v) is 6.46. The molecule has 1 unspecified atom stereocenters. The van der Waals surface area contributed by atoms with Crippen LogP contribution in [0.25, 0.3) is 0 Å². The molecule has 55 heavy (non-hydrogen) atoms. The van der Waals surface area contributed by atoms with Crippen molar-refractivity contribution in [2.45, 2.75) is 90.5 Å². The molecule has 0 aliphatic carbocycles. The number of unbranched alkanes of at least 4 members (excludes halogenated alkanes) is 4. The van der Waals surface area contributed by atoms with Crippen LogP contribution in [-0.4, -0.2) is 162 Å². The lowest BCUT2D eigenvalue weighted by molar-refractivity contribution is -0.140. The molecule has 2 rings (SSSR count). The minimum atomic E-state index is -0.957. The van der Waals surface area contributed by atoms with Crippen molar-refractivity contribution in [3.63, 3.8) is 0 Å². The molecule has 307 valence electrons. The second-order valence-corrected chi connectivity index (χ2v) is 14.1. The number of nitrogens with zero attached hydrogens (tertiary/aromatic N) is 4. The first-order chi connectivity index (χ1) is 26.4. The summed E-state index contributed by atoms with van der Waals surface area (Å²) < 4.78 is 0. The number of carboxylic acids is 2. The molecule has 1 aromatic carbocycles. The highest BCUT2D eigenvalue weighted by Gasteiger charge is 2.29. The predicted octanol–water partition coefficient (Wildman–Crippen LogP) is 0.945. The van der Waals surface area contributed by atoms with Gasteiger partial charge in [0.05, 0.1) is 26.2 Å². The number of hydrogen-bond acceptors (Lipinski definition) is 10. The van der Waals surface area contributed by atoms with Crippen LogP contribution in [0.15, 0.2) is 24.3 Å². The standard InChI is InChI=1S/C38H63BN7O9/c1-3-5-9-18-44(21-23-45(29-37(52)53)22-20-43(17-4-2)28-36(50)51)27-34(48)40-16-8-6-7-15-33(47)41-25-30-12-10-13-31(24-30)38(54)42-26-35(49)46-19-11-14-32(46)39-55/h10,12-13,24,32,55H,3-9,11,14-23,25-29H2,1-2H3,(H,40,48)(H,41,47)(H,42,54)(H,50,51)(H,52,53). The number of amides is 4. The summed E-state index contributed by atoms with van der Waals surface area (Å²) in [7, 11) is 1.01. The minimum Gasteiger partial charge on any atom is -0.480 e. The molecule has 6 N–H and O–H groups in total. The largest absolute Gasteiger partial charge is 0.480 e. The highest BCUT2D eigenvalue weighted by molar-refractivity contribution is 6.28. The summed E-state index contributed by atoms with van der Waals surface area (Å²) >= 11 is 0. The Morgan fingerprint density at radius 2 is 1.44 bits per heavy atom. The van der Waals surface area contributed by atoms with E-state index < -0.39 is 17.8 Å². The van der Waals surface area contributed by atoms with Gasteiger partial charge >= 0.3 is 19.4 Å². The van der Waals surface area contributed by atoms with Crippen molar-refractivity contribution in [2.75, 3.05) is 78.5 Å². The van der Waals surface area contributed by atoms with Gasteiger partial charge in [-0.1, -0.05) is 45.2 Å². The molecule has 1 aromatic rings. The first kappa shape index (κ1) is 47.1. The monoisotopic (exact) mass is 772 g/mol. The zero-order valence-electron chi connectivity index (χ0n) is 32.8. The molecule has 0 spiro atoms. The molecule has 0 bridgehead atoms. The lowest BCUT2D eigenvalue weighted by Crippen LogP contribution is -2.45. The summed E-state index contributed by atoms with van der Waals surface area (Å²) in [5.74, 6) is -3.08. The second-order valence-electron chi connectivity index (χ2n) is 14.1. The molecule has 0 saturated carbocycles. The lowest BCUT2D eigenvalue weighted by atomic mass is 9.86. The van der Waals surface area contributed by atoms with Crippen LogP contribution in [0, 0.1) is 0 Å². The van der Waals surface area contributed by atoms with Gasteiger partial charge in [0.2, 0.25) is 17.7 Å². The Balaban J connectivity index is 1.70. The van der Waals surface area contributed by atoms with Crippen LogP contribution in [-0.2, 0) is 30.5 Å². The predicted molar refractivity (Wildman–Crippen MR) is 209 cm³/mol. The topological polar surface area (TPSA) is 212 Å². The van der Waals surface area contributed by atoms with Crippen molar-refractivity contribution in [3.05, 3.63) is 35.4 Å². The SMILES string of the molecule is CCCCCN(CCN(CCN(CCC)CC(=O)O)CC(=O)O)CC(=O)NCCCCCC(=O)NCc1cccc(C(=O)NCC(=O)N2CCCC2[B]O)c1. The van der Waals surface area contributed by atoms with E-state index in [2.05, 4.69) is 22.9 Å². The normalized spacial score (nSPS) is 14.0. The van der Waals surface area contributed by atoms with Crippen LogP contribution in [0.4, 0.5) is 0 Å². The first-order valence-electron chi connectivity index (χ1n) is 19.7. The molecule has 1 heterocycles. The fraction of sp³-hybridized carbons (Fsp3) is 0.684. The van der Waals surface area contributed by atoms with Gasteiger partial charge in [-0.15, -0.1) is 0 Å². The van der Waals surface area contributed by atoms with Crippen LogP contribution in [0.5, 0.6) is 0 Å². The summed E-state index contributed by atoms with van der Waals surface area (Å²) in [6.07, 6.45) is 7.69. The average Bonchev–Trinajstić information content (AvgIpc) is 3.64. The molecule has 1 radical (unpaired) electrons. The Morgan fingerprint density at radius 1 is 0.764 bits per heavy atom. The molecule has 1 aliphatic rings. The number of rotatable bonds is 30. The van der Waals surface area contributed by atoms with Crippen molar-refractivity contribution in [3.8, 4) is 0 Å². The van der Waals surface area contributed by atoms with E-state index in [1.165, 1.54) is 0 Å². The Kier molecular flexibility index (Phi) is 23.6. The maximum Gasteiger partial charge on any atom is 0.317 e. The van der Waals surface area contributed by atoms with Gasteiger partial charge in [0.15, 0.2) is 0 Å². The highest BCUT2D eigenvalue weighted by atomic mass is 16.4. The Morgan fingerprint density at radius 3 is 2.07 bits per heavy atom. The van der Waals surface area contributed by atoms with Gasteiger partial charge in [0.1, 0.15) is 0 Å². The van der Waals surface area contributed by atoms with Crippen LogP contribution in [0.1, 0.15) is 94.0 Å². The van der Waals surface area contributed by atoms with E-state index in [4.69, 9.17) is 0 Å². The molecule has 16 nitrogen and oxygen atoms in total. The van der Waals surface area contributed by atoms with Crippen LogP contribution >= 0.6 is 0 Å². The fourth-order valence-electron chi connectivity index (χ4n) is 6.46. The molecule has 0 aromatic heterocycles. The van der Waals surface area contributed by atoms with Crippen LogP contribution in [0.3, 0.4) is 0 Å². The van der Waals surface area contributed by atoms with E-state index in [-0.39, 0.29) is 56.4 Å². The van der Waals surface area contributed by atoms with Crippen molar-refractivity contribution in [1.29, 1.82) is 0 Å².